The molecule has 0 spiro atoms. The maximum absolute atomic E-state index is 12.0. The molecule has 1 atom stereocenters. The Morgan fingerprint density at radius 1 is 1.48 bits per heavy atom. The van der Waals surface area contributed by atoms with E-state index in [1.54, 1.807) is 0 Å². The first kappa shape index (κ1) is 17.9. The first-order valence-corrected chi connectivity index (χ1v) is 8.31. The lowest BCUT2D eigenvalue weighted by Gasteiger charge is -2.33. The molecule has 2 heterocycles. The summed E-state index contributed by atoms with van der Waals surface area (Å²) in [6.45, 7) is 9.55. The predicted molar refractivity (Wildman–Crippen MR) is 90.7 cm³/mol. The maximum Gasteiger partial charge on any atom is 0.320 e. The van der Waals surface area contributed by atoms with Gasteiger partial charge in [-0.15, -0.1) is 10.2 Å². The lowest BCUT2D eigenvalue weighted by Crippen LogP contribution is -2.45. The Morgan fingerprint density at radius 3 is 2.87 bits per heavy atom. The molecule has 6 nitrogen and oxygen atoms in total. The number of aryl methyl sites for hydroxylation is 1. The Hall–Kier alpha value is -1.40. The second-order valence-corrected chi connectivity index (χ2v) is 7.37. The zero-order chi connectivity index (χ0) is 17.0. The second-order valence-electron chi connectivity index (χ2n) is 7.01. The summed E-state index contributed by atoms with van der Waals surface area (Å²) in [5, 5.41) is 11.8. The van der Waals surface area contributed by atoms with Crippen molar-refractivity contribution < 1.29 is 9.53 Å². The van der Waals surface area contributed by atoms with Crippen LogP contribution in [0.15, 0.2) is 6.07 Å². The third kappa shape index (κ3) is 5.95. The summed E-state index contributed by atoms with van der Waals surface area (Å²) in [6, 6.07) is 2.13. The van der Waals surface area contributed by atoms with Crippen molar-refractivity contribution in [3.63, 3.8) is 0 Å². The molecule has 0 unspecified atom stereocenters. The summed E-state index contributed by atoms with van der Waals surface area (Å²) in [7, 11) is 0. The highest BCUT2D eigenvalue weighted by molar-refractivity contribution is 6.30. The number of nitrogens with one attached hydrogen (secondary N) is 1. The number of likely N-dealkylation sites (tertiary alicyclic amines) is 1. The van der Waals surface area contributed by atoms with E-state index >= 15 is 0 Å². The number of anilines is 1. The van der Waals surface area contributed by atoms with Crippen LogP contribution in [0.4, 0.5) is 5.82 Å². The quantitative estimate of drug-likeness (QED) is 0.850. The van der Waals surface area contributed by atoms with Crippen LogP contribution in [0.2, 0.25) is 5.15 Å². The highest BCUT2D eigenvalue weighted by atomic mass is 35.5. The molecule has 0 aromatic carbocycles. The van der Waals surface area contributed by atoms with Crippen LogP contribution in [-0.2, 0) is 9.53 Å². The third-order valence-electron chi connectivity index (χ3n) is 3.55. The van der Waals surface area contributed by atoms with Gasteiger partial charge < -0.3 is 10.1 Å². The van der Waals surface area contributed by atoms with Crippen LogP contribution in [-0.4, -0.2) is 52.3 Å². The Morgan fingerprint density at radius 2 is 2.22 bits per heavy atom. The Bertz CT molecular complexity index is 560. The van der Waals surface area contributed by atoms with Crippen LogP contribution >= 0.6 is 11.6 Å². The molecule has 1 aliphatic rings. The predicted octanol–water partition coefficient (Wildman–Crippen LogP) is 2.66. The van der Waals surface area contributed by atoms with Crippen molar-refractivity contribution in [2.45, 2.75) is 52.2 Å². The minimum Gasteiger partial charge on any atom is -0.459 e. The van der Waals surface area contributed by atoms with Gasteiger partial charge in [-0.3, -0.25) is 9.69 Å². The average Bonchev–Trinajstić information content (AvgIpc) is 2.41. The summed E-state index contributed by atoms with van der Waals surface area (Å²) >= 11 is 5.90. The van der Waals surface area contributed by atoms with Gasteiger partial charge in [0.1, 0.15) is 11.4 Å². The number of rotatable bonds is 4. The van der Waals surface area contributed by atoms with Crippen molar-refractivity contribution in [1.82, 2.24) is 15.1 Å². The molecule has 7 heteroatoms. The van der Waals surface area contributed by atoms with Gasteiger partial charge in [-0.05, 0) is 58.7 Å². The Balaban J connectivity index is 1.88. The fourth-order valence-electron chi connectivity index (χ4n) is 2.62. The number of piperidine rings is 1. The normalized spacial score (nSPS) is 19.4. The van der Waals surface area contributed by atoms with Gasteiger partial charge in [-0.1, -0.05) is 11.6 Å². The lowest BCUT2D eigenvalue weighted by atomic mass is 10.1. The van der Waals surface area contributed by atoms with Crippen LogP contribution in [0.5, 0.6) is 0 Å². The van der Waals surface area contributed by atoms with Gasteiger partial charge in [0.2, 0.25) is 0 Å². The number of carbonyl (C=O) groups excluding carboxylic acids is 1. The molecule has 0 aliphatic carbocycles. The van der Waals surface area contributed by atoms with E-state index in [1.165, 1.54) is 0 Å². The average molecular weight is 341 g/mol. The molecular weight excluding hydrogens is 316 g/mol. The first-order chi connectivity index (χ1) is 10.7. The van der Waals surface area contributed by atoms with Gasteiger partial charge in [0.05, 0.1) is 6.54 Å². The topological polar surface area (TPSA) is 67.4 Å². The molecule has 23 heavy (non-hydrogen) atoms. The van der Waals surface area contributed by atoms with Gasteiger partial charge in [0.15, 0.2) is 5.15 Å². The summed E-state index contributed by atoms with van der Waals surface area (Å²) in [5.74, 6) is 0.538. The summed E-state index contributed by atoms with van der Waals surface area (Å²) in [5.41, 5.74) is 0.451. The largest absolute Gasteiger partial charge is 0.459 e. The van der Waals surface area contributed by atoms with Gasteiger partial charge in [-0.2, -0.15) is 0 Å². The van der Waals surface area contributed by atoms with Crippen LogP contribution in [0.3, 0.4) is 0 Å². The molecule has 1 N–H and O–H groups in total. The van der Waals surface area contributed by atoms with E-state index in [0.717, 1.165) is 37.3 Å². The molecule has 1 aromatic rings. The SMILES string of the molecule is Cc1cc(N[C@@H]2CCCN(CC(=O)OC(C)(C)C)C2)nnc1Cl. The number of ether oxygens (including phenoxy) is 1. The van der Waals surface area contributed by atoms with Crippen molar-refractivity contribution in [3.8, 4) is 0 Å². The molecule has 1 aliphatic heterocycles. The molecule has 0 saturated carbocycles. The van der Waals surface area contributed by atoms with Crippen LogP contribution in [0.25, 0.3) is 0 Å². The van der Waals surface area contributed by atoms with Crippen LogP contribution < -0.4 is 5.32 Å². The lowest BCUT2D eigenvalue weighted by molar-refractivity contribution is -0.156. The highest BCUT2D eigenvalue weighted by Gasteiger charge is 2.24. The fraction of sp³-hybridized carbons (Fsp3) is 0.688. The zero-order valence-electron chi connectivity index (χ0n) is 14.2. The molecule has 1 saturated heterocycles. The molecule has 0 bridgehead atoms. The smallest absolute Gasteiger partial charge is 0.320 e. The van der Waals surface area contributed by atoms with E-state index in [-0.39, 0.29) is 12.0 Å². The van der Waals surface area contributed by atoms with Crippen LogP contribution in [0.1, 0.15) is 39.2 Å². The van der Waals surface area contributed by atoms with Crippen molar-refractivity contribution in [3.05, 3.63) is 16.8 Å². The Labute approximate surface area is 142 Å². The van der Waals surface area contributed by atoms with Crippen LogP contribution in [0, 0.1) is 6.92 Å². The molecular formula is C16H25ClN4O2. The van der Waals surface area contributed by atoms with E-state index in [0.29, 0.717) is 11.7 Å². The second kappa shape index (κ2) is 7.45. The highest BCUT2D eigenvalue weighted by Crippen LogP contribution is 2.18. The van der Waals surface area contributed by atoms with Crippen molar-refractivity contribution in [2.75, 3.05) is 25.0 Å². The number of esters is 1. The number of halogens is 1. The van der Waals surface area contributed by atoms with E-state index in [4.69, 9.17) is 16.3 Å². The Kier molecular flexibility index (Phi) is 5.81. The molecule has 1 aromatic heterocycles. The number of hydrogen-bond acceptors (Lipinski definition) is 6. The van der Waals surface area contributed by atoms with Gasteiger partial charge in [0, 0.05) is 12.6 Å². The molecule has 0 amide bonds. The van der Waals surface area contributed by atoms with Crippen molar-refractivity contribution in [1.29, 1.82) is 0 Å². The monoisotopic (exact) mass is 340 g/mol. The molecule has 1 fully saturated rings. The molecule has 128 valence electrons. The minimum atomic E-state index is -0.444. The van der Waals surface area contributed by atoms with E-state index in [9.17, 15) is 4.79 Å². The zero-order valence-corrected chi connectivity index (χ0v) is 15.0. The summed E-state index contributed by atoms with van der Waals surface area (Å²) < 4.78 is 5.38. The van der Waals surface area contributed by atoms with Crippen molar-refractivity contribution in [2.24, 2.45) is 0 Å². The van der Waals surface area contributed by atoms with Gasteiger partial charge in [-0.25, -0.2) is 0 Å². The van der Waals surface area contributed by atoms with E-state index < -0.39 is 5.60 Å². The number of carbonyl (C=O) groups is 1. The maximum atomic E-state index is 12.0. The van der Waals surface area contributed by atoms with Crippen molar-refractivity contribution >= 4 is 23.4 Å². The van der Waals surface area contributed by atoms with Gasteiger partial charge >= 0.3 is 5.97 Å². The fourth-order valence-corrected chi connectivity index (χ4v) is 2.72. The number of nitrogens with zero attached hydrogens (tertiary/aromatic N) is 3. The third-order valence-corrected chi connectivity index (χ3v) is 3.93. The van der Waals surface area contributed by atoms with Gasteiger partial charge in [0.25, 0.3) is 0 Å². The first-order valence-electron chi connectivity index (χ1n) is 7.93. The van der Waals surface area contributed by atoms with E-state index in [1.807, 2.05) is 33.8 Å². The minimum absolute atomic E-state index is 0.180. The van der Waals surface area contributed by atoms with E-state index in [2.05, 4.69) is 20.4 Å². The molecule has 0 radical (unpaired) electrons. The molecule has 2 rings (SSSR count). The number of aromatic nitrogens is 2. The summed E-state index contributed by atoms with van der Waals surface area (Å²) in [4.78, 5) is 14.1. The summed E-state index contributed by atoms with van der Waals surface area (Å²) in [6.07, 6.45) is 2.06. The number of hydrogen-bond donors (Lipinski definition) is 1. The standard InChI is InChI=1S/C16H25ClN4O2/c1-11-8-13(19-20-15(11)17)18-12-6-5-7-21(9-12)10-14(22)23-16(2,3)4/h8,12H,5-7,9-10H2,1-4H3,(H,18,19)/t12-/m1/s1.